The minimum absolute atomic E-state index is 0.00404. The van der Waals surface area contributed by atoms with Gasteiger partial charge in [0.2, 0.25) is 5.91 Å². The van der Waals surface area contributed by atoms with Crippen LogP contribution >= 0.6 is 0 Å². The molecule has 5 heteroatoms. The number of amides is 1. The van der Waals surface area contributed by atoms with Gasteiger partial charge in [-0.15, -0.1) is 0 Å². The number of carbonyl (C=O) groups excluding carboxylic acids is 1. The predicted molar refractivity (Wildman–Crippen MR) is 78.4 cm³/mol. The SMILES string of the molecule is CCN(Cc1ccccc1C#N)C(=O)CCCCC(=O)O. The van der Waals surface area contributed by atoms with Gasteiger partial charge < -0.3 is 10.0 Å². The second-order valence-electron chi connectivity index (χ2n) is 4.78. The van der Waals surface area contributed by atoms with Gasteiger partial charge in [0.15, 0.2) is 0 Å². The van der Waals surface area contributed by atoms with E-state index in [0.29, 0.717) is 37.9 Å². The molecule has 0 saturated carbocycles. The average molecular weight is 288 g/mol. The largest absolute Gasteiger partial charge is 0.481 e. The van der Waals surface area contributed by atoms with E-state index in [1.165, 1.54) is 0 Å². The van der Waals surface area contributed by atoms with Crippen molar-refractivity contribution in [1.82, 2.24) is 4.90 Å². The number of nitrogens with zero attached hydrogens (tertiary/aromatic N) is 2. The molecule has 0 atom stereocenters. The molecule has 0 aliphatic heterocycles. The van der Waals surface area contributed by atoms with E-state index in [4.69, 9.17) is 10.4 Å². The Kier molecular flexibility index (Phi) is 6.96. The number of carboxylic acid groups (broad SMARTS) is 1. The van der Waals surface area contributed by atoms with Gasteiger partial charge >= 0.3 is 5.97 Å². The van der Waals surface area contributed by atoms with Gasteiger partial charge in [-0.2, -0.15) is 5.26 Å². The summed E-state index contributed by atoms with van der Waals surface area (Å²) in [6.45, 7) is 2.87. The molecule has 1 aromatic rings. The van der Waals surface area contributed by atoms with Crippen molar-refractivity contribution in [2.45, 2.75) is 39.2 Å². The van der Waals surface area contributed by atoms with Gasteiger partial charge in [-0.3, -0.25) is 9.59 Å². The second kappa shape index (κ2) is 8.75. The maximum Gasteiger partial charge on any atom is 0.303 e. The first kappa shape index (κ1) is 16.7. The zero-order chi connectivity index (χ0) is 15.7. The lowest BCUT2D eigenvalue weighted by atomic mass is 10.1. The van der Waals surface area contributed by atoms with E-state index in [9.17, 15) is 9.59 Å². The van der Waals surface area contributed by atoms with Gasteiger partial charge in [-0.25, -0.2) is 0 Å². The average Bonchev–Trinajstić information content (AvgIpc) is 2.49. The Balaban J connectivity index is 2.56. The molecule has 0 aromatic heterocycles. The van der Waals surface area contributed by atoms with Crippen LogP contribution in [0.25, 0.3) is 0 Å². The zero-order valence-electron chi connectivity index (χ0n) is 12.2. The lowest BCUT2D eigenvalue weighted by molar-refractivity contribution is -0.137. The number of carboxylic acids is 1. The monoisotopic (exact) mass is 288 g/mol. The van der Waals surface area contributed by atoms with E-state index in [1.807, 2.05) is 19.1 Å². The lowest BCUT2D eigenvalue weighted by Crippen LogP contribution is -2.30. The lowest BCUT2D eigenvalue weighted by Gasteiger charge is -2.21. The normalized spacial score (nSPS) is 9.90. The van der Waals surface area contributed by atoms with Crippen molar-refractivity contribution < 1.29 is 14.7 Å². The third-order valence-electron chi connectivity index (χ3n) is 3.26. The summed E-state index contributed by atoms with van der Waals surface area (Å²) in [5.41, 5.74) is 1.41. The minimum Gasteiger partial charge on any atom is -0.481 e. The molecular formula is C16H20N2O3. The van der Waals surface area contributed by atoms with Crippen LogP contribution in [-0.2, 0) is 16.1 Å². The molecular weight excluding hydrogens is 268 g/mol. The molecule has 1 N–H and O–H groups in total. The van der Waals surface area contributed by atoms with E-state index in [2.05, 4.69) is 6.07 Å². The summed E-state index contributed by atoms with van der Waals surface area (Å²) in [5.74, 6) is -0.839. The molecule has 0 saturated heterocycles. The quantitative estimate of drug-likeness (QED) is 0.745. The molecule has 0 fully saturated rings. The molecule has 112 valence electrons. The number of hydrogen-bond acceptors (Lipinski definition) is 3. The molecule has 0 heterocycles. The van der Waals surface area contributed by atoms with Crippen LogP contribution in [0.4, 0.5) is 0 Å². The van der Waals surface area contributed by atoms with Gasteiger partial charge in [-0.1, -0.05) is 18.2 Å². The molecule has 0 spiro atoms. The summed E-state index contributed by atoms with van der Waals surface area (Å²) in [6, 6.07) is 9.35. The van der Waals surface area contributed by atoms with Crippen LogP contribution in [0.3, 0.4) is 0 Å². The molecule has 0 unspecified atom stereocenters. The topological polar surface area (TPSA) is 81.4 Å². The highest BCUT2D eigenvalue weighted by molar-refractivity contribution is 5.76. The number of unbranched alkanes of at least 4 members (excludes halogenated alkanes) is 1. The van der Waals surface area contributed by atoms with Crippen LogP contribution in [0.2, 0.25) is 0 Å². The summed E-state index contributed by atoms with van der Waals surface area (Å²) in [7, 11) is 0. The summed E-state index contributed by atoms with van der Waals surface area (Å²) in [6.07, 6.45) is 1.52. The molecule has 5 nitrogen and oxygen atoms in total. The highest BCUT2D eigenvalue weighted by Gasteiger charge is 2.13. The van der Waals surface area contributed by atoms with Crippen molar-refractivity contribution in [2.24, 2.45) is 0 Å². The Labute approximate surface area is 124 Å². The summed E-state index contributed by atoms with van der Waals surface area (Å²) >= 11 is 0. The van der Waals surface area contributed by atoms with Crippen LogP contribution in [0.1, 0.15) is 43.7 Å². The molecule has 0 aliphatic rings. The van der Waals surface area contributed by atoms with E-state index in [-0.39, 0.29) is 12.3 Å². The predicted octanol–water partition coefficient (Wildman–Crippen LogP) is 2.55. The van der Waals surface area contributed by atoms with Gasteiger partial charge in [0.05, 0.1) is 11.6 Å². The third kappa shape index (κ3) is 5.65. The van der Waals surface area contributed by atoms with E-state index in [0.717, 1.165) is 5.56 Å². The Hall–Kier alpha value is -2.35. The number of nitriles is 1. The number of benzene rings is 1. The summed E-state index contributed by atoms with van der Waals surface area (Å²) < 4.78 is 0. The van der Waals surface area contributed by atoms with Gasteiger partial charge in [0.1, 0.15) is 0 Å². The minimum atomic E-state index is -0.835. The molecule has 1 aromatic carbocycles. The van der Waals surface area contributed by atoms with E-state index < -0.39 is 5.97 Å². The van der Waals surface area contributed by atoms with Crippen molar-refractivity contribution in [3.63, 3.8) is 0 Å². The molecule has 1 amide bonds. The van der Waals surface area contributed by atoms with Crippen molar-refractivity contribution >= 4 is 11.9 Å². The molecule has 1 rings (SSSR count). The van der Waals surface area contributed by atoms with Gasteiger partial charge in [0.25, 0.3) is 0 Å². The molecule has 0 bridgehead atoms. The standard InChI is InChI=1S/C16H20N2O3/c1-2-18(15(19)9-5-6-10-16(20)21)12-14-8-4-3-7-13(14)11-17/h3-4,7-8H,2,5-6,9-10,12H2,1H3,(H,20,21). The number of hydrogen-bond donors (Lipinski definition) is 1. The first-order valence-electron chi connectivity index (χ1n) is 7.06. The van der Waals surface area contributed by atoms with Crippen molar-refractivity contribution in [3.05, 3.63) is 35.4 Å². The van der Waals surface area contributed by atoms with Gasteiger partial charge in [-0.05, 0) is 31.4 Å². The van der Waals surface area contributed by atoms with Crippen LogP contribution < -0.4 is 0 Å². The van der Waals surface area contributed by atoms with Crippen LogP contribution in [0, 0.1) is 11.3 Å². The maximum atomic E-state index is 12.1. The smallest absolute Gasteiger partial charge is 0.303 e. The third-order valence-corrected chi connectivity index (χ3v) is 3.26. The second-order valence-corrected chi connectivity index (χ2v) is 4.78. The number of aliphatic carboxylic acids is 1. The van der Waals surface area contributed by atoms with Crippen LogP contribution in [-0.4, -0.2) is 28.4 Å². The van der Waals surface area contributed by atoms with Crippen LogP contribution in [0.5, 0.6) is 0 Å². The fraction of sp³-hybridized carbons (Fsp3) is 0.438. The van der Waals surface area contributed by atoms with Crippen molar-refractivity contribution in [3.8, 4) is 6.07 Å². The van der Waals surface area contributed by atoms with E-state index in [1.54, 1.807) is 17.0 Å². The van der Waals surface area contributed by atoms with Gasteiger partial charge in [0, 0.05) is 25.9 Å². The summed E-state index contributed by atoms with van der Waals surface area (Å²) in [4.78, 5) is 24.2. The molecule has 0 aliphatic carbocycles. The first-order valence-corrected chi connectivity index (χ1v) is 7.06. The number of carbonyl (C=O) groups is 2. The zero-order valence-corrected chi connectivity index (χ0v) is 12.2. The van der Waals surface area contributed by atoms with E-state index >= 15 is 0 Å². The fourth-order valence-corrected chi connectivity index (χ4v) is 2.06. The first-order chi connectivity index (χ1) is 10.1. The molecule has 21 heavy (non-hydrogen) atoms. The molecule has 0 radical (unpaired) electrons. The Morgan fingerprint density at radius 3 is 2.52 bits per heavy atom. The highest BCUT2D eigenvalue weighted by Crippen LogP contribution is 2.12. The number of rotatable bonds is 8. The summed E-state index contributed by atoms with van der Waals surface area (Å²) in [5, 5.41) is 17.6. The highest BCUT2D eigenvalue weighted by atomic mass is 16.4. The Morgan fingerprint density at radius 2 is 1.90 bits per heavy atom. The van der Waals surface area contributed by atoms with Crippen molar-refractivity contribution in [1.29, 1.82) is 5.26 Å². The Bertz CT molecular complexity index is 535. The van der Waals surface area contributed by atoms with Crippen molar-refractivity contribution in [2.75, 3.05) is 6.54 Å². The Morgan fingerprint density at radius 1 is 1.24 bits per heavy atom. The van der Waals surface area contributed by atoms with Crippen LogP contribution in [0.15, 0.2) is 24.3 Å². The fourth-order valence-electron chi connectivity index (χ4n) is 2.06. The maximum absolute atomic E-state index is 12.1.